The standard InChI is InChI=1S/C40H50ClN3O8S/c41-33-12-11-29(53-21-5-20-44(19-4-18-43-17-3-8-37(43)48)38(49)23-34(46)39(50)35(47)25-45)22-27(33)26-51-40(14-15-40)32-24-42-16-13-30(32)31-6-1-2-7-36(31)52-28-9-10-28/h1-2,6-7,11-13,16,22,24,28,34-35,39,45-47,50H,3-5,8-10,14-15,17-21,23,25-26H2. The van der Waals surface area contributed by atoms with Gasteiger partial charge in [0.2, 0.25) is 11.8 Å². The number of halogens is 1. The monoisotopic (exact) mass is 767 g/mol. The molecule has 1 saturated heterocycles. The summed E-state index contributed by atoms with van der Waals surface area (Å²) in [5.41, 5.74) is 3.58. The Balaban J connectivity index is 1.04. The molecule has 11 nitrogen and oxygen atoms in total. The first-order chi connectivity index (χ1) is 25.7. The van der Waals surface area contributed by atoms with Gasteiger partial charge < -0.3 is 39.7 Å². The molecule has 6 rings (SSSR count). The van der Waals surface area contributed by atoms with Gasteiger partial charge >= 0.3 is 0 Å². The van der Waals surface area contributed by atoms with Crippen LogP contribution in [-0.4, -0.2) is 110 Å². The third kappa shape index (κ3) is 10.5. The van der Waals surface area contributed by atoms with E-state index in [0.29, 0.717) is 56.3 Å². The van der Waals surface area contributed by atoms with Crippen LogP contribution in [0.1, 0.15) is 68.9 Å². The minimum atomic E-state index is -1.64. The van der Waals surface area contributed by atoms with E-state index in [0.717, 1.165) is 71.5 Å². The van der Waals surface area contributed by atoms with E-state index in [1.807, 2.05) is 54.9 Å². The van der Waals surface area contributed by atoms with Gasteiger partial charge in [0.05, 0.1) is 37.4 Å². The molecule has 0 spiro atoms. The summed E-state index contributed by atoms with van der Waals surface area (Å²) < 4.78 is 12.9. The number of hydrogen-bond donors (Lipinski definition) is 4. The van der Waals surface area contributed by atoms with Gasteiger partial charge in [-0.05, 0) is 92.2 Å². The number of amides is 2. The highest BCUT2D eigenvalue weighted by molar-refractivity contribution is 7.99. The molecule has 2 saturated carbocycles. The number of aliphatic hydroxyl groups excluding tert-OH is 4. The van der Waals surface area contributed by atoms with Crippen molar-refractivity contribution in [2.75, 3.05) is 38.5 Å². The third-order valence-electron chi connectivity index (χ3n) is 10.1. The number of likely N-dealkylation sites (tertiary alicyclic amines) is 1. The highest BCUT2D eigenvalue weighted by Gasteiger charge is 2.48. The first-order valence-corrected chi connectivity index (χ1v) is 20.0. The molecule has 286 valence electrons. The number of ether oxygens (including phenoxy) is 2. The van der Waals surface area contributed by atoms with Crippen molar-refractivity contribution in [1.29, 1.82) is 0 Å². The first kappa shape index (κ1) is 39.5. The van der Waals surface area contributed by atoms with Crippen molar-refractivity contribution < 1.29 is 39.5 Å². The van der Waals surface area contributed by atoms with Crippen LogP contribution in [0.4, 0.5) is 0 Å². The maximum atomic E-state index is 13.2. The van der Waals surface area contributed by atoms with Crippen LogP contribution in [0.5, 0.6) is 5.75 Å². The summed E-state index contributed by atoms with van der Waals surface area (Å²) in [5, 5.41) is 39.9. The van der Waals surface area contributed by atoms with E-state index in [4.69, 9.17) is 26.2 Å². The molecule has 0 radical (unpaired) electrons. The summed E-state index contributed by atoms with van der Waals surface area (Å²) in [6, 6.07) is 16.1. The van der Waals surface area contributed by atoms with Crippen molar-refractivity contribution in [1.82, 2.24) is 14.8 Å². The number of pyridine rings is 1. The second-order valence-corrected chi connectivity index (χ2v) is 15.8. The second kappa shape index (κ2) is 18.4. The van der Waals surface area contributed by atoms with Gasteiger partial charge in [-0.25, -0.2) is 0 Å². The van der Waals surface area contributed by atoms with Crippen LogP contribution in [0, 0.1) is 0 Å². The molecule has 3 unspecified atom stereocenters. The van der Waals surface area contributed by atoms with Crippen LogP contribution in [0.15, 0.2) is 65.8 Å². The Morgan fingerprint density at radius 1 is 1.06 bits per heavy atom. The molecule has 3 atom stereocenters. The summed E-state index contributed by atoms with van der Waals surface area (Å²) in [7, 11) is 0. The highest BCUT2D eigenvalue weighted by Crippen LogP contribution is 2.53. The van der Waals surface area contributed by atoms with Crippen molar-refractivity contribution in [2.24, 2.45) is 0 Å². The van der Waals surface area contributed by atoms with Crippen molar-refractivity contribution >= 4 is 35.2 Å². The van der Waals surface area contributed by atoms with Gasteiger partial charge in [-0.2, -0.15) is 0 Å². The van der Waals surface area contributed by atoms with Gasteiger partial charge in [0.15, 0.2) is 0 Å². The van der Waals surface area contributed by atoms with E-state index < -0.39 is 36.9 Å². The molecule has 2 amide bonds. The van der Waals surface area contributed by atoms with Crippen LogP contribution in [-0.2, 0) is 26.5 Å². The lowest BCUT2D eigenvalue weighted by Gasteiger charge is -2.27. The summed E-state index contributed by atoms with van der Waals surface area (Å²) in [4.78, 5) is 34.2. The third-order valence-corrected chi connectivity index (χ3v) is 11.6. The molecule has 2 aromatic carbocycles. The fourth-order valence-corrected chi connectivity index (χ4v) is 7.79. The lowest BCUT2D eigenvalue weighted by atomic mass is 9.96. The van der Waals surface area contributed by atoms with Gasteiger partial charge in [0.25, 0.3) is 0 Å². The lowest BCUT2D eigenvalue weighted by Crippen LogP contribution is -2.44. The van der Waals surface area contributed by atoms with E-state index in [1.54, 1.807) is 21.6 Å². The Kier molecular flexibility index (Phi) is 13.7. The molecule has 13 heteroatoms. The highest BCUT2D eigenvalue weighted by atomic mass is 35.5. The number of rotatable bonds is 21. The van der Waals surface area contributed by atoms with Gasteiger partial charge in [-0.1, -0.05) is 29.8 Å². The van der Waals surface area contributed by atoms with Gasteiger partial charge in [0, 0.05) is 66.0 Å². The van der Waals surface area contributed by atoms with E-state index in [9.17, 15) is 24.9 Å². The molecule has 3 fully saturated rings. The normalized spacial score (nSPS) is 18.1. The number of carbonyl (C=O) groups excluding carboxylic acids is 2. The summed E-state index contributed by atoms with van der Waals surface area (Å²) in [5.74, 6) is 1.34. The summed E-state index contributed by atoms with van der Waals surface area (Å²) in [6.07, 6.45) is 5.46. The van der Waals surface area contributed by atoms with Crippen molar-refractivity contribution in [3.05, 3.63) is 77.1 Å². The average Bonchev–Trinajstić information content (AvgIpc) is 4.11. The Hall–Kier alpha value is -3.23. The number of para-hydroxylation sites is 1. The summed E-state index contributed by atoms with van der Waals surface area (Å²) in [6.45, 7) is 1.68. The molecule has 53 heavy (non-hydrogen) atoms. The molecule has 1 aromatic heterocycles. The summed E-state index contributed by atoms with van der Waals surface area (Å²) >= 11 is 8.32. The first-order valence-electron chi connectivity index (χ1n) is 18.6. The lowest BCUT2D eigenvalue weighted by molar-refractivity contribution is -0.138. The molecular formula is C40H50ClN3O8S. The zero-order chi connectivity index (χ0) is 37.4. The number of aromatic nitrogens is 1. The largest absolute Gasteiger partial charge is 0.490 e. The number of benzene rings is 2. The molecule has 4 N–H and O–H groups in total. The molecule has 1 aliphatic heterocycles. The van der Waals surface area contributed by atoms with Crippen molar-refractivity contribution in [2.45, 2.75) is 99.3 Å². The van der Waals surface area contributed by atoms with Crippen LogP contribution < -0.4 is 4.74 Å². The molecule has 3 aliphatic rings. The minimum Gasteiger partial charge on any atom is -0.490 e. The molecule has 2 heterocycles. The van der Waals surface area contributed by atoms with Gasteiger partial charge in [-0.15, -0.1) is 11.8 Å². The molecular weight excluding hydrogens is 718 g/mol. The van der Waals surface area contributed by atoms with E-state index in [1.165, 1.54) is 0 Å². The predicted molar refractivity (Wildman–Crippen MR) is 203 cm³/mol. The van der Waals surface area contributed by atoms with Crippen molar-refractivity contribution in [3.63, 3.8) is 0 Å². The fourth-order valence-electron chi connectivity index (χ4n) is 6.71. The minimum absolute atomic E-state index is 0.123. The number of hydrogen-bond acceptors (Lipinski definition) is 10. The smallest absolute Gasteiger partial charge is 0.225 e. The Morgan fingerprint density at radius 3 is 2.58 bits per heavy atom. The van der Waals surface area contributed by atoms with E-state index in [2.05, 4.69) is 11.1 Å². The molecule has 0 bridgehead atoms. The topological polar surface area (TPSA) is 153 Å². The maximum Gasteiger partial charge on any atom is 0.225 e. The predicted octanol–water partition coefficient (Wildman–Crippen LogP) is 4.94. The van der Waals surface area contributed by atoms with Crippen LogP contribution >= 0.6 is 23.4 Å². The number of carbonyl (C=O) groups is 2. The van der Waals surface area contributed by atoms with Crippen molar-refractivity contribution in [3.8, 4) is 16.9 Å². The van der Waals surface area contributed by atoms with E-state index in [-0.39, 0.29) is 17.9 Å². The quantitative estimate of drug-likeness (QED) is 0.0867. The Bertz CT molecular complexity index is 1710. The number of nitrogens with zero attached hydrogens (tertiary/aromatic N) is 3. The average molecular weight is 768 g/mol. The van der Waals surface area contributed by atoms with Crippen LogP contribution in [0.25, 0.3) is 11.1 Å². The fraction of sp³-hybridized carbons (Fsp3) is 0.525. The number of thioether (sulfide) groups is 1. The number of aliphatic hydroxyl groups is 4. The second-order valence-electron chi connectivity index (χ2n) is 14.2. The Morgan fingerprint density at radius 2 is 1.85 bits per heavy atom. The molecule has 2 aliphatic carbocycles. The van der Waals surface area contributed by atoms with Gasteiger partial charge in [0.1, 0.15) is 18.0 Å². The Labute approximate surface area is 320 Å². The van der Waals surface area contributed by atoms with Crippen LogP contribution in [0.2, 0.25) is 5.02 Å². The zero-order valence-electron chi connectivity index (χ0n) is 29.9. The maximum absolute atomic E-state index is 13.2. The zero-order valence-corrected chi connectivity index (χ0v) is 31.5. The van der Waals surface area contributed by atoms with E-state index >= 15 is 0 Å². The molecule has 3 aromatic rings. The van der Waals surface area contributed by atoms with Gasteiger partial charge in [-0.3, -0.25) is 14.6 Å². The SMILES string of the molecule is O=C1CCCN1CCCN(CCCSc1ccc(Cl)c(COC2(c3cnccc3-c3ccccc3OC3CC3)CC2)c1)C(=O)CC(O)C(O)C(O)CO. The van der Waals surface area contributed by atoms with Crippen LogP contribution in [0.3, 0.4) is 0 Å².